The van der Waals surface area contributed by atoms with Crippen LogP contribution in [-0.2, 0) is 0 Å². The molecule has 1 atom stereocenters. The van der Waals surface area contributed by atoms with Crippen molar-refractivity contribution in [1.82, 2.24) is 5.32 Å². The van der Waals surface area contributed by atoms with Gasteiger partial charge in [-0.15, -0.1) is 0 Å². The number of rotatable bonds is 5. The van der Waals surface area contributed by atoms with E-state index in [1.807, 2.05) is 12.1 Å². The molecule has 0 bridgehead atoms. The van der Waals surface area contributed by atoms with Gasteiger partial charge in [0, 0.05) is 23.6 Å². The van der Waals surface area contributed by atoms with Crippen molar-refractivity contribution in [2.45, 2.75) is 32.7 Å². The predicted octanol–water partition coefficient (Wildman–Crippen LogP) is 3.54. The summed E-state index contributed by atoms with van der Waals surface area (Å²) in [6.45, 7) is 7.51. The lowest BCUT2D eigenvalue weighted by Gasteiger charge is -2.30. The first-order valence-electron chi connectivity index (χ1n) is 7.28. The number of nitrogens with zero attached hydrogens (tertiary/aromatic N) is 2. The number of anilines is 1. The molecule has 1 aliphatic heterocycles. The highest BCUT2D eigenvalue weighted by Crippen LogP contribution is 2.28. The molecule has 2 rings (SSSR count). The largest absolute Gasteiger partial charge is 0.369 e. The lowest BCUT2D eigenvalue weighted by molar-refractivity contribution is 0.540. The Labute approximate surface area is 130 Å². The van der Waals surface area contributed by atoms with Crippen molar-refractivity contribution in [1.29, 1.82) is 5.26 Å². The smallest absolute Gasteiger partial charge is 0.103 e. The van der Waals surface area contributed by atoms with Gasteiger partial charge >= 0.3 is 0 Å². The summed E-state index contributed by atoms with van der Waals surface area (Å²) >= 11 is 3.49. The first-order valence-corrected chi connectivity index (χ1v) is 8.08. The van der Waals surface area contributed by atoms with Gasteiger partial charge in [-0.2, -0.15) is 5.26 Å². The maximum absolute atomic E-state index is 9.42. The quantitative estimate of drug-likeness (QED) is 0.894. The molecule has 20 heavy (non-hydrogen) atoms. The van der Waals surface area contributed by atoms with Crippen LogP contribution in [0.1, 0.15) is 32.3 Å². The van der Waals surface area contributed by atoms with Crippen LogP contribution >= 0.6 is 15.9 Å². The molecule has 0 spiro atoms. The van der Waals surface area contributed by atoms with Gasteiger partial charge in [-0.05, 0) is 53.4 Å². The van der Waals surface area contributed by atoms with Gasteiger partial charge in [0.25, 0.3) is 0 Å². The zero-order valence-electron chi connectivity index (χ0n) is 12.2. The average molecular weight is 336 g/mol. The Balaban J connectivity index is 2.25. The van der Waals surface area contributed by atoms with E-state index in [1.54, 1.807) is 0 Å². The van der Waals surface area contributed by atoms with Crippen LogP contribution in [0.5, 0.6) is 0 Å². The highest BCUT2D eigenvalue weighted by atomic mass is 79.9. The number of nitrogens with one attached hydrogen (secondary N) is 1. The van der Waals surface area contributed by atoms with Gasteiger partial charge in [0.15, 0.2) is 0 Å². The van der Waals surface area contributed by atoms with E-state index in [2.05, 4.69) is 52.1 Å². The lowest BCUT2D eigenvalue weighted by atomic mass is 10.1. The molecule has 108 valence electrons. The van der Waals surface area contributed by atoms with E-state index in [9.17, 15) is 5.26 Å². The van der Waals surface area contributed by atoms with Gasteiger partial charge in [-0.1, -0.05) is 19.9 Å². The number of benzene rings is 1. The third kappa shape index (κ3) is 3.74. The van der Waals surface area contributed by atoms with Crippen LogP contribution in [0.25, 0.3) is 0 Å². The molecule has 0 amide bonds. The van der Waals surface area contributed by atoms with Crippen LogP contribution < -0.4 is 10.2 Å². The number of hydrogen-bond acceptors (Lipinski definition) is 3. The SMILES string of the molecule is CC(C)CN(CC1CCCN1)c1cccc(Br)c1C#N. The van der Waals surface area contributed by atoms with Gasteiger partial charge in [0.05, 0.1) is 11.3 Å². The van der Waals surface area contributed by atoms with Crippen LogP contribution in [0.15, 0.2) is 22.7 Å². The molecule has 1 aromatic rings. The molecule has 1 heterocycles. The summed E-state index contributed by atoms with van der Waals surface area (Å²) in [6, 6.07) is 8.87. The summed E-state index contributed by atoms with van der Waals surface area (Å²) in [7, 11) is 0. The summed E-state index contributed by atoms with van der Waals surface area (Å²) in [4.78, 5) is 2.36. The van der Waals surface area contributed by atoms with Crippen LogP contribution in [-0.4, -0.2) is 25.7 Å². The second kappa shape index (κ2) is 7.10. The van der Waals surface area contributed by atoms with E-state index in [0.29, 0.717) is 12.0 Å². The van der Waals surface area contributed by atoms with Crippen LogP contribution in [0.4, 0.5) is 5.69 Å². The van der Waals surface area contributed by atoms with E-state index >= 15 is 0 Å². The van der Waals surface area contributed by atoms with Crippen molar-refractivity contribution in [3.8, 4) is 6.07 Å². The Hall–Kier alpha value is -1.05. The molecule has 1 N–H and O–H groups in total. The Morgan fingerprint density at radius 1 is 1.50 bits per heavy atom. The van der Waals surface area contributed by atoms with E-state index in [0.717, 1.165) is 35.4 Å². The molecule has 3 nitrogen and oxygen atoms in total. The van der Waals surface area contributed by atoms with Crippen LogP contribution in [0, 0.1) is 17.2 Å². The van der Waals surface area contributed by atoms with E-state index in [1.165, 1.54) is 12.8 Å². The Bertz CT molecular complexity index is 487. The van der Waals surface area contributed by atoms with Crippen molar-refractivity contribution in [2.24, 2.45) is 5.92 Å². The third-order valence-corrected chi connectivity index (χ3v) is 4.29. The molecule has 4 heteroatoms. The first-order chi connectivity index (χ1) is 9.61. The molecule has 1 fully saturated rings. The topological polar surface area (TPSA) is 39.1 Å². The summed E-state index contributed by atoms with van der Waals surface area (Å²) < 4.78 is 0.880. The van der Waals surface area contributed by atoms with E-state index in [4.69, 9.17) is 0 Å². The average Bonchev–Trinajstić information content (AvgIpc) is 2.90. The number of hydrogen-bond donors (Lipinski definition) is 1. The molecule has 0 aromatic heterocycles. The van der Waals surface area contributed by atoms with Gasteiger partial charge in [-0.25, -0.2) is 0 Å². The van der Waals surface area contributed by atoms with Crippen LogP contribution in [0.2, 0.25) is 0 Å². The molecule has 1 saturated heterocycles. The van der Waals surface area contributed by atoms with Crippen molar-refractivity contribution in [3.05, 3.63) is 28.2 Å². The molecule has 0 aliphatic carbocycles. The minimum atomic E-state index is 0.541. The van der Waals surface area contributed by atoms with Gasteiger partial charge < -0.3 is 10.2 Å². The Kier molecular flexibility index (Phi) is 5.45. The van der Waals surface area contributed by atoms with Crippen molar-refractivity contribution >= 4 is 21.6 Å². The molecule has 1 aromatic carbocycles. The summed E-state index contributed by atoms with van der Waals surface area (Å²) in [6.07, 6.45) is 2.48. The summed E-state index contributed by atoms with van der Waals surface area (Å²) in [5, 5.41) is 13.0. The monoisotopic (exact) mass is 335 g/mol. The maximum atomic E-state index is 9.42. The van der Waals surface area contributed by atoms with Crippen molar-refractivity contribution < 1.29 is 0 Å². The van der Waals surface area contributed by atoms with Crippen molar-refractivity contribution in [2.75, 3.05) is 24.5 Å². The minimum Gasteiger partial charge on any atom is -0.369 e. The first kappa shape index (κ1) is 15.3. The van der Waals surface area contributed by atoms with E-state index in [-0.39, 0.29) is 0 Å². The molecule has 1 unspecified atom stereocenters. The minimum absolute atomic E-state index is 0.541. The fourth-order valence-corrected chi connectivity index (χ4v) is 3.22. The second-order valence-corrected chi connectivity index (χ2v) is 6.69. The standard InChI is InChI=1S/C16H22BrN3/c1-12(2)10-20(11-13-5-4-8-19-13)16-7-3-6-15(17)14(16)9-18/h3,6-7,12-13,19H,4-5,8,10-11H2,1-2H3. The Morgan fingerprint density at radius 3 is 2.90 bits per heavy atom. The van der Waals surface area contributed by atoms with E-state index < -0.39 is 0 Å². The zero-order valence-corrected chi connectivity index (χ0v) is 13.8. The predicted molar refractivity (Wildman–Crippen MR) is 86.9 cm³/mol. The molecule has 1 aliphatic rings. The zero-order chi connectivity index (χ0) is 14.5. The van der Waals surface area contributed by atoms with Crippen molar-refractivity contribution in [3.63, 3.8) is 0 Å². The second-order valence-electron chi connectivity index (χ2n) is 5.84. The fraction of sp³-hybridized carbons (Fsp3) is 0.562. The number of halogens is 1. The Morgan fingerprint density at radius 2 is 2.30 bits per heavy atom. The van der Waals surface area contributed by atoms with Gasteiger partial charge in [-0.3, -0.25) is 0 Å². The highest BCUT2D eigenvalue weighted by Gasteiger charge is 2.21. The molecule has 0 saturated carbocycles. The van der Waals surface area contributed by atoms with Crippen LogP contribution in [0.3, 0.4) is 0 Å². The fourth-order valence-electron chi connectivity index (χ4n) is 2.78. The number of nitriles is 1. The summed E-state index contributed by atoms with van der Waals surface area (Å²) in [5.41, 5.74) is 1.79. The maximum Gasteiger partial charge on any atom is 0.103 e. The molecular weight excluding hydrogens is 314 g/mol. The summed E-state index contributed by atoms with van der Waals surface area (Å²) in [5.74, 6) is 0.571. The molecular formula is C16H22BrN3. The third-order valence-electron chi connectivity index (χ3n) is 3.63. The van der Waals surface area contributed by atoms with Gasteiger partial charge in [0.2, 0.25) is 0 Å². The normalized spacial score (nSPS) is 18.2. The lowest BCUT2D eigenvalue weighted by Crippen LogP contribution is -2.39. The van der Waals surface area contributed by atoms with Gasteiger partial charge in [0.1, 0.15) is 6.07 Å². The highest BCUT2D eigenvalue weighted by molar-refractivity contribution is 9.10. The molecule has 0 radical (unpaired) electrons.